The second kappa shape index (κ2) is 8.07. The van der Waals surface area contributed by atoms with E-state index in [4.69, 9.17) is 5.11 Å². The van der Waals surface area contributed by atoms with Gasteiger partial charge in [-0.3, -0.25) is 9.59 Å². The fraction of sp³-hybridized carbons (Fsp3) is 0.500. The van der Waals surface area contributed by atoms with E-state index in [0.717, 1.165) is 5.56 Å². The predicted octanol–water partition coefficient (Wildman–Crippen LogP) is 1.48. The number of amides is 1. The molecule has 1 unspecified atom stereocenters. The molecule has 0 aliphatic carbocycles. The Balaban J connectivity index is 1.74. The fourth-order valence-corrected chi connectivity index (χ4v) is 3.46. The third kappa shape index (κ3) is 4.25. The first-order chi connectivity index (χ1) is 12.5. The second-order valence-corrected chi connectivity index (χ2v) is 6.74. The van der Waals surface area contributed by atoms with Gasteiger partial charge in [0.15, 0.2) is 0 Å². The van der Waals surface area contributed by atoms with Crippen molar-refractivity contribution in [2.75, 3.05) is 13.1 Å². The van der Waals surface area contributed by atoms with E-state index in [2.05, 4.69) is 15.5 Å². The number of aliphatic carboxylic acids is 1. The van der Waals surface area contributed by atoms with Gasteiger partial charge >= 0.3 is 5.97 Å². The van der Waals surface area contributed by atoms with Crippen LogP contribution in [0.2, 0.25) is 0 Å². The number of hydrogen-bond donors (Lipinski definition) is 1. The lowest BCUT2D eigenvalue weighted by molar-refractivity contribution is -0.139. The summed E-state index contributed by atoms with van der Waals surface area (Å²) in [5.41, 5.74) is 1.04. The van der Waals surface area contributed by atoms with Crippen molar-refractivity contribution in [1.82, 2.24) is 25.1 Å². The summed E-state index contributed by atoms with van der Waals surface area (Å²) in [6.07, 6.45) is 2.11. The molecular formula is C18H23N5O3. The van der Waals surface area contributed by atoms with Crippen LogP contribution in [0.25, 0.3) is 0 Å². The van der Waals surface area contributed by atoms with Gasteiger partial charge in [-0.2, -0.15) is 0 Å². The highest BCUT2D eigenvalue weighted by Gasteiger charge is 2.31. The summed E-state index contributed by atoms with van der Waals surface area (Å²) < 4.78 is 1.58. The standard InChI is InChI=1S/C18H23N5O3/c1-13-19-20-21-23(13)16(11-14-5-3-2-4-6-14)18(26)22-9-7-15(8-10-22)12-17(24)25/h2-6,15-16H,7-12H2,1H3,(H,24,25). The number of piperidine rings is 1. The number of likely N-dealkylation sites (tertiary alicyclic amines) is 1. The van der Waals surface area contributed by atoms with Crippen molar-refractivity contribution in [3.8, 4) is 0 Å². The molecule has 8 heteroatoms. The minimum atomic E-state index is -0.777. The molecule has 1 aliphatic heterocycles. The largest absolute Gasteiger partial charge is 0.481 e. The van der Waals surface area contributed by atoms with E-state index in [0.29, 0.717) is 38.2 Å². The van der Waals surface area contributed by atoms with Crippen molar-refractivity contribution in [2.24, 2.45) is 5.92 Å². The Bertz CT molecular complexity index is 753. The van der Waals surface area contributed by atoms with Crippen LogP contribution in [-0.4, -0.2) is 55.2 Å². The lowest BCUT2D eigenvalue weighted by atomic mass is 9.93. The molecule has 1 aromatic carbocycles. The zero-order chi connectivity index (χ0) is 18.5. The molecule has 1 N–H and O–H groups in total. The summed E-state index contributed by atoms with van der Waals surface area (Å²) in [6, 6.07) is 9.30. The van der Waals surface area contributed by atoms with E-state index in [1.54, 1.807) is 11.6 Å². The van der Waals surface area contributed by atoms with Crippen LogP contribution in [-0.2, 0) is 16.0 Å². The van der Waals surface area contributed by atoms with Crippen LogP contribution < -0.4 is 0 Å². The van der Waals surface area contributed by atoms with Gasteiger partial charge < -0.3 is 10.0 Å². The van der Waals surface area contributed by atoms with Gasteiger partial charge in [-0.25, -0.2) is 4.68 Å². The number of carboxylic acid groups (broad SMARTS) is 1. The summed E-state index contributed by atoms with van der Waals surface area (Å²) in [4.78, 5) is 25.9. The van der Waals surface area contributed by atoms with E-state index in [-0.39, 0.29) is 18.2 Å². The van der Waals surface area contributed by atoms with Crippen molar-refractivity contribution in [1.29, 1.82) is 0 Å². The Morgan fingerprint density at radius 2 is 1.92 bits per heavy atom. The van der Waals surface area contributed by atoms with E-state index >= 15 is 0 Å². The number of benzene rings is 1. The third-order valence-corrected chi connectivity index (χ3v) is 4.90. The van der Waals surface area contributed by atoms with Gasteiger partial charge in [-0.1, -0.05) is 30.3 Å². The fourth-order valence-electron chi connectivity index (χ4n) is 3.46. The molecule has 1 aliphatic rings. The number of aryl methyl sites for hydroxylation is 1. The van der Waals surface area contributed by atoms with E-state index in [9.17, 15) is 9.59 Å². The molecule has 2 aromatic rings. The van der Waals surface area contributed by atoms with Crippen LogP contribution in [0, 0.1) is 12.8 Å². The van der Waals surface area contributed by atoms with E-state index < -0.39 is 12.0 Å². The van der Waals surface area contributed by atoms with Crippen LogP contribution in [0.5, 0.6) is 0 Å². The van der Waals surface area contributed by atoms with Crippen molar-refractivity contribution >= 4 is 11.9 Å². The zero-order valence-electron chi connectivity index (χ0n) is 14.8. The van der Waals surface area contributed by atoms with Crippen molar-refractivity contribution in [3.05, 3.63) is 41.7 Å². The summed E-state index contributed by atoms with van der Waals surface area (Å²) >= 11 is 0. The number of tetrazole rings is 1. The van der Waals surface area contributed by atoms with E-state index in [1.165, 1.54) is 0 Å². The highest BCUT2D eigenvalue weighted by molar-refractivity contribution is 5.81. The van der Waals surface area contributed by atoms with Gasteiger partial charge in [0.2, 0.25) is 5.91 Å². The molecule has 1 saturated heterocycles. The first-order valence-electron chi connectivity index (χ1n) is 8.83. The number of carboxylic acids is 1. The second-order valence-electron chi connectivity index (χ2n) is 6.74. The number of rotatable bonds is 6. The average molecular weight is 357 g/mol. The highest BCUT2D eigenvalue weighted by Crippen LogP contribution is 2.24. The van der Waals surface area contributed by atoms with Crippen LogP contribution in [0.3, 0.4) is 0 Å². The van der Waals surface area contributed by atoms with Crippen LogP contribution >= 0.6 is 0 Å². The maximum absolute atomic E-state index is 13.2. The molecule has 3 rings (SSSR count). The molecular weight excluding hydrogens is 334 g/mol. The number of nitrogens with zero attached hydrogens (tertiary/aromatic N) is 5. The Morgan fingerprint density at radius 1 is 1.23 bits per heavy atom. The minimum Gasteiger partial charge on any atom is -0.481 e. The molecule has 26 heavy (non-hydrogen) atoms. The molecule has 138 valence electrons. The smallest absolute Gasteiger partial charge is 0.303 e. The van der Waals surface area contributed by atoms with Crippen LogP contribution in [0.4, 0.5) is 0 Å². The molecule has 8 nitrogen and oxygen atoms in total. The van der Waals surface area contributed by atoms with Crippen LogP contribution in [0.15, 0.2) is 30.3 Å². The summed E-state index contributed by atoms with van der Waals surface area (Å²) in [7, 11) is 0. The van der Waals surface area contributed by atoms with Gasteiger partial charge in [0.25, 0.3) is 0 Å². The van der Waals surface area contributed by atoms with Gasteiger partial charge in [0.05, 0.1) is 0 Å². The molecule has 1 atom stereocenters. The van der Waals surface area contributed by atoms with Crippen molar-refractivity contribution in [3.63, 3.8) is 0 Å². The molecule has 1 amide bonds. The number of hydrogen-bond acceptors (Lipinski definition) is 5. The monoisotopic (exact) mass is 357 g/mol. The molecule has 2 heterocycles. The first-order valence-corrected chi connectivity index (χ1v) is 8.83. The molecule has 1 fully saturated rings. The quantitative estimate of drug-likeness (QED) is 0.840. The van der Waals surface area contributed by atoms with Crippen molar-refractivity contribution < 1.29 is 14.7 Å². The Hall–Kier alpha value is -2.77. The van der Waals surface area contributed by atoms with Gasteiger partial charge in [0.1, 0.15) is 11.9 Å². The van der Waals surface area contributed by atoms with Crippen molar-refractivity contribution in [2.45, 2.75) is 38.6 Å². The lowest BCUT2D eigenvalue weighted by Gasteiger charge is -2.33. The van der Waals surface area contributed by atoms with Gasteiger partial charge in [-0.15, -0.1) is 5.10 Å². The number of carbonyl (C=O) groups is 2. The molecule has 0 radical (unpaired) electrons. The first kappa shape index (κ1) is 18.0. The Labute approximate surface area is 151 Å². The summed E-state index contributed by atoms with van der Waals surface area (Å²) in [5.74, 6) is -0.0574. The maximum Gasteiger partial charge on any atom is 0.303 e. The normalized spacial score (nSPS) is 16.4. The minimum absolute atomic E-state index is 0.0157. The SMILES string of the molecule is Cc1nnnn1C(Cc1ccccc1)C(=O)N1CCC(CC(=O)O)CC1. The molecule has 0 saturated carbocycles. The lowest BCUT2D eigenvalue weighted by Crippen LogP contribution is -2.43. The third-order valence-electron chi connectivity index (χ3n) is 4.90. The maximum atomic E-state index is 13.2. The van der Waals surface area contributed by atoms with Gasteiger partial charge in [0, 0.05) is 25.9 Å². The predicted molar refractivity (Wildman–Crippen MR) is 93.3 cm³/mol. The molecule has 1 aromatic heterocycles. The van der Waals surface area contributed by atoms with Gasteiger partial charge in [-0.05, 0) is 41.7 Å². The van der Waals surface area contributed by atoms with Crippen LogP contribution in [0.1, 0.15) is 36.7 Å². The molecule has 0 spiro atoms. The highest BCUT2D eigenvalue weighted by atomic mass is 16.4. The summed E-state index contributed by atoms with van der Waals surface area (Å²) in [5, 5.41) is 20.6. The number of aromatic nitrogens is 4. The number of carbonyl (C=O) groups excluding carboxylic acids is 1. The van der Waals surface area contributed by atoms with E-state index in [1.807, 2.05) is 35.2 Å². The Morgan fingerprint density at radius 3 is 2.50 bits per heavy atom. The zero-order valence-corrected chi connectivity index (χ0v) is 14.8. The topological polar surface area (TPSA) is 101 Å². The average Bonchev–Trinajstić information content (AvgIpc) is 3.06. The molecule has 0 bridgehead atoms. The Kier molecular flexibility index (Phi) is 5.60. The summed E-state index contributed by atoms with van der Waals surface area (Å²) in [6.45, 7) is 2.93.